The van der Waals surface area contributed by atoms with E-state index < -0.39 is 5.54 Å². The first-order valence-corrected chi connectivity index (χ1v) is 4.84. The van der Waals surface area contributed by atoms with Gasteiger partial charge in [0.25, 0.3) is 0 Å². The van der Waals surface area contributed by atoms with Gasteiger partial charge in [0.15, 0.2) is 0 Å². The molecule has 3 N–H and O–H groups in total. The largest absolute Gasteiger partial charge is 0.361 e. The minimum atomic E-state index is -0.393. The van der Waals surface area contributed by atoms with Crippen LogP contribution >= 0.6 is 12.4 Å². The molecule has 6 heteroatoms. The highest BCUT2D eigenvalue weighted by Gasteiger charge is 2.13. The average Bonchev–Trinajstić information content (AvgIpc) is 2.47. The molecule has 0 aliphatic rings. The lowest BCUT2D eigenvalue weighted by Crippen LogP contribution is -2.45. The maximum absolute atomic E-state index is 11.4. The number of hydrogen-bond donors (Lipinski definition) is 2. The van der Waals surface area contributed by atoms with Gasteiger partial charge in [-0.3, -0.25) is 4.79 Å². The fraction of sp³-hybridized carbons (Fsp3) is 0.600. The van der Waals surface area contributed by atoms with E-state index >= 15 is 0 Å². The number of amides is 1. The standard InChI is InChI=1S/C10H17N3O2.ClH/c1-7-4-8(13-15-7)5-9(14)12-6-10(2,3)11;/h4H,5-6,11H2,1-3H3,(H,12,14);1H. The average molecular weight is 248 g/mol. The Morgan fingerprint density at radius 1 is 1.62 bits per heavy atom. The van der Waals surface area contributed by atoms with E-state index in [4.69, 9.17) is 10.3 Å². The third kappa shape index (κ3) is 5.72. The summed E-state index contributed by atoms with van der Waals surface area (Å²) >= 11 is 0. The molecule has 16 heavy (non-hydrogen) atoms. The van der Waals surface area contributed by atoms with Crippen LogP contribution in [0.5, 0.6) is 0 Å². The summed E-state index contributed by atoms with van der Waals surface area (Å²) < 4.78 is 4.86. The Bertz CT molecular complexity index is 344. The first-order chi connectivity index (χ1) is 6.87. The van der Waals surface area contributed by atoms with Gasteiger partial charge in [-0.15, -0.1) is 12.4 Å². The minimum Gasteiger partial charge on any atom is -0.361 e. The normalized spacial score (nSPS) is 10.8. The zero-order valence-electron chi connectivity index (χ0n) is 9.74. The van der Waals surface area contributed by atoms with Gasteiger partial charge in [0.1, 0.15) is 5.76 Å². The van der Waals surface area contributed by atoms with Gasteiger partial charge in [-0.1, -0.05) is 5.16 Å². The molecule has 92 valence electrons. The SMILES string of the molecule is Cc1cc(CC(=O)NCC(C)(C)N)no1.Cl. The molecule has 5 nitrogen and oxygen atoms in total. The molecular formula is C10H18ClN3O2. The highest BCUT2D eigenvalue weighted by Crippen LogP contribution is 2.02. The number of halogens is 1. The van der Waals surface area contributed by atoms with Gasteiger partial charge in [-0.2, -0.15) is 0 Å². The Kier molecular flexibility index (Phi) is 5.47. The first-order valence-electron chi connectivity index (χ1n) is 4.84. The van der Waals surface area contributed by atoms with Crippen molar-refractivity contribution < 1.29 is 9.32 Å². The Morgan fingerprint density at radius 3 is 2.69 bits per heavy atom. The summed E-state index contributed by atoms with van der Waals surface area (Å²) in [5, 5.41) is 6.47. The smallest absolute Gasteiger partial charge is 0.226 e. The van der Waals surface area contributed by atoms with Crippen molar-refractivity contribution in [2.45, 2.75) is 32.7 Å². The second kappa shape index (κ2) is 5.86. The van der Waals surface area contributed by atoms with Gasteiger partial charge < -0.3 is 15.6 Å². The third-order valence-corrected chi connectivity index (χ3v) is 1.76. The summed E-state index contributed by atoms with van der Waals surface area (Å²) in [4.78, 5) is 11.4. The van der Waals surface area contributed by atoms with E-state index in [-0.39, 0.29) is 24.7 Å². The summed E-state index contributed by atoms with van der Waals surface area (Å²) in [6.07, 6.45) is 0.230. The zero-order valence-corrected chi connectivity index (χ0v) is 10.6. The lowest BCUT2D eigenvalue weighted by molar-refractivity contribution is -0.120. The maximum atomic E-state index is 11.4. The van der Waals surface area contributed by atoms with Crippen molar-refractivity contribution in [3.8, 4) is 0 Å². The van der Waals surface area contributed by atoms with Gasteiger partial charge in [-0.05, 0) is 20.8 Å². The van der Waals surface area contributed by atoms with Crippen molar-refractivity contribution in [1.29, 1.82) is 0 Å². The van der Waals surface area contributed by atoms with E-state index in [1.807, 2.05) is 13.8 Å². The fourth-order valence-corrected chi connectivity index (χ4v) is 1.05. The lowest BCUT2D eigenvalue weighted by Gasteiger charge is -2.18. The molecule has 0 aliphatic heterocycles. The highest BCUT2D eigenvalue weighted by molar-refractivity contribution is 5.85. The van der Waals surface area contributed by atoms with E-state index in [9.17, 15) is 4.79 Å². The summed E-state index contributed by atoms with van der Waals surface area (Å²) in [6.45, 7) is 5.95. The summed E-state index contributed by atoms with van der Waals surface area (Å²) in [5.41, 5.74) is 5.98. The van der Waals surface area contributed by atoms with Gasteiger partial charge in [0.2, 0.25) is 5.91 Å². The molecule has 0 fully saturated rings. The predicted octanol–water partition coefficient (Wildman–Crippen LogP) is 0.801. The molecular weight excluding hydrogens is 230 g/mol. The lowest BCUT2D eigenvalue weighted by atomic mass is 10.1. The van der Waals surface area contributed by atoms with Crippen LogP contribution in [0.25, 0.3) is 0 Å². The molecule has 0 radical (unpaired) electrons. The molecule has 1 aromatic rings. The molecule has 0 bridgehead atoms. The third-order valence-electron chi connectivity index (χ3n) is 1.76. The Hall–Kier alpha value is -1.07. The number of rotatable bonds is 4. The van der Waals surface area contributed by atoms with E-state index in [2.05, 4.69) is 10.5 Å². The highest BCUT2D eigenvalue weighted by atomic mass is 35.5. The van der Waals surface area contributed by atoms with E-state index in [0.717, 1.165) is 0 Å². The van der Waals surface area contributed by atoms with Crippen molar-refractivity contribution in [1.82, 2.24) is 10.5 Å². The van der Waals surface area contributed by atoms with Gasteiger partial charge in [-0.25, -0.2) is 0 Å². The number of carbonyl (C=O) groups is 1. The molecule has 1 aromatic heterocycles. The second-order valence-electron chi connectivity index (χ2n) is 4.37. The topological polar surface area (TPSA) is 81.2 Å². The Labute approximate surface area is 101 Å². The maximum Gasteiger partial charge on any atom is 0.226 e. The van der Waals surface area contributed by atoms with E-state index in [0.29, 0.717) is 18.0 Å². The minimum absolute atomic E-state index is 0. The number of aromatic nitrogens is 1. The van der Waals surface area contributed by atoms with Crippen LogP contribution in [0.4, 0.5) is 0 Å². The van der Waals surface area contributed by atoms with Gasteiger partial charge in [0, 0.05) is 18.2 Å². The molecule has 0 unspecified atom stereocenters. The predicted molar refractivity (Wildman–Crippen MR) is 63.5 cm³/mol. The monoisotopic (exact) mass is 247 g/mol. The molecule has 0 aliphatic carbocycles. The van der Waals surface area contributed by atoms with Crippen LogP contribution in [0.2, 0.25) is 0 Å². The van der Waals surface area contributed by atoms with Crippen LogP contribution in [0.15, 0.2) is 10.6 Å². The summed E-state index contributed by atoms with van der Waals surface area (Å²) in [7, 11) is 0. The number of carbonyl (C=O) groups excluding carboxylic acids is 1. The molecule has 0 spiro atoms. The molecule has 0 saturated carbocycles. The zero-order chi connectivity index (χ0) is 11.5. The second-order valence-corrected chi connectivity index (χ2v) is 4.37. The number of nitrogens with one attached hydrogen (secondary N) is 1. The summed E-state index contributed by atoms with van der Waals surface area (Å²) in [6, 6.07) is 1.74. The van der Waals surface area contributed by atoms with Gasteiger partial charge in [0.05, 0.1) is 12.1 Å². The van der Waals surface area contributed by atoms with Gasteiger partial charge >= 0.3 is 0 Å². The Balaban J connectivity index is 0.00000225. The van der Waals surface area contributed by atoms with Crippen LogP contribution in [0, 0.1) is 6.92 Å². The molecule has 0 saturated heterocycles. The molecule has 0 atom stereocenters. The van der Waals surface area contributed by atoms with E-state index in [1.165, 1.54) is 0 Å². The van der Waals surface area contributed by atoms with E-state index in [1.54, 1.807) is 13.0 Å². The van der Waals surface area contributed by atoms with Crippen LogP contribution in [-0.4, -0.2) is 23.1 Å². The van der Waals surface area contributed by atoms with Crippen LogP contribution in [-0.2, 0) is 11.2 Å². The summed E-state index contributed by atoms with van der Waals surface area (Å²) in [5.74, 6) is 0.610. The van der Waals surface area contributed by atoms with Crippen molar-refractivity contribution >= 4 is 18.3 Å². The fourth-order valence-electron chi connectivity index (χ4n) is 1.05. The first kappa shape index (κ1) is 14.9. The van der Waals surface area contributed by atoms with Crippen LogP contribution < -0.4 is 11.1 Å². The van der Waals surface area contributed by atoms with Crippen molar-refractivity contribution in [3.63, 3.8) is 0 Å². The van der Waals surface area contributed by atoms with Crippen molar-refractivity contribution in [2.75, 3.05) is 6.54 Å². The molecule has 1 rings (SSSR count). The molecule has 0 aromatic carbocycles. The molecule has 1 amide bonds. The van der Waals surface area contributed by atoms with Crippen LogP contribution in [0.1, 0.15) is 25.3 Å². The number of aryl methyl sites for hydroxylation is 1. The van der Waals surface area contributed by atoms with Crippen molar-refractivity contribution in [2.24, 2.45) is 5.73 Å². The quantitative estimate of drug-likeness (QED) is 0.825. The van der Waals surface area contributed by atoms with Crippen molar-refractivity contribution in [3.05, 3.63) is 17.5 Å². The number of hydrogen-bond acceptors (Lipinski definition) is 4. The van der Waals surface area contributed by atoms with Crippen LogP contribution in [0.3, 0.4) is 0 Å². The Morgan fingerprint density at radius 2 is 2.25 bits per heavy atom. The number of nitrogens with zero attached hydrogens (tertiary/aromatic N) is 1. The number of nitrogens with two attached hydrogens (primary N) is 1. The molecule has 1 heterocycles.